The van der Waals surface area contributed by atoms with Crippen molar-refractivity contribution in [3.05, 3.63) is 29.2 Å². The summed E-state index contributed by atoms with van der Waals surface area (Å²) in [5.74, 6) is 0.562. The maximum absolute atomic E-state index is 4.59. The van der Waals surface area contributed by atoms with Crippen LogP contribution >= 0.6 is 0 Å². The second-order valence-corrected chi connectivity index (χ2v) is 5.10. The molecule has 1 aliphatic rings. The molecule has 0 spiro atoms. The normalized spacial score (nSPS) is 15.7. The summed E-state index contributed by atoms with van der Waals surface area (Å²) >= 11 is 0. The fourth-order valence-electron chi connectivity index (χ4n) is 2.62. The zero-order valence-electron chi connectivity index (χ0n) is 10.0. The van der Waals surface area contributed by atoms with E-state index in [0.717, 1.165) is 6.42 Å². The van der Waals surface area contributed by atoms with Crippen LogP contribution in [0.2, 0.25) is 0 Å². The van der Waals surface area contributed by atoms with Gasteiger partial charge in [-0.25, -0.2) is 0 Å². The van der Waals surface area contributed by atoms with Gasteiger partial charge in [0.2, 0.25) is 0 Å². The number of pyridine rings is 1. The number of H-pyrrole nitrogens is 1. The Labute approximate surface area is 96.1 Å². The third kappa shape index (κ3) is 1.44. The van der Waals surface area contributed by atoms with E-state index >= 15 is 0 Å². The van der Waals surface area contributed by atoms with Gasteiger partial charge >= 0.3 is 0 Å². The van der Waals surface area contributed by atoms with Crippen LogP contribution in [-0.4, -0.2) is 9.97 Å². The largest absolute Gasteiger partial charge is 0.357 e. The molecule has 0 fully saturated rings. The SMILES string of the molecule is CC(C)c1cc2c3c(ncc2[nH]1)CCCC3. The van der Waals surface area contributed by atoms with Gasteiger partial charge in [0, 0.05) is 16.8 Å². The van der Waals surface area contributed by atoms with Crippen molar-refractivity contribution in [2.45, 2.75) is 45.4 Å². The van der Waals surface area contributed by atoms with Crippen molar-refractivity contribution >= 4 is 10.9 Å². The van der Waals surface area contributed by atoms with E-state index in [0.29, 0.717) is 5.92 Å². The lowest BCUT2D eigenvalue weighted by Crippen LogP contribution is -2.04. The summed E-state index contributed by atoms with van der Waals surface area (Å²) < 4.78 is 0. The monoisotopic (exact) mass is 214 g/mol. The maximum atomic E-state index is 4.59. The van der Waals surface area contributed by atoms with E-state index in [2.05, 4.69) is 29.9 Å². The van der Waals surface area contributed by atoms with Gasteiger partial charge in [0.15, 0.2) is 0 Å². The fourth-order valence-corrected chi connectivity index (χ4v) is 2.62. The summed E-state index contributed by atoms with van der Waals surface area (Å²) in [6.07, 6.45) is 6.98. The first kappa shape index (κ1) is 9.88. The minimum atomic E-state index is 0.562. The van der Waals surface area contributed by atoms with Gasteiger partial charge in [-0.05, 0) is 43.2 Å². The molecule has 0 atom stereocenters. The van der Waals surface area contributed by atoms with Crippen LogP contribution in [0.25, 0.3) is 10.9 Å². The Bertz CT molecular complexity index is 523. The van der Waals surface area contributed by atoms with E-state index in [9.17, 15) is 0 Å². The van der Waals surface area contributed by atoms with Gasteiger partial charge in [-0.1, -0.05) is 13.8 Å². The average molecular weight is 214 g/mol. The highest BCUT2D eigenvalue weighted by atomic mass is 14.8. The molecule has 1 aliphatic carbocycles. The predicted molar refractivity (Wildman–Crippen MR) is 66.8 cm³/mol. The van der Waals surface area contributed by atoms with Crippen LogP contribution in [-0.2, 0) is 12.8 Å². The Kier molecular flexibility index (Phi) is 2.23. The van der Waals surface area contributed by atoms with Gasteiger partial charge in [-0.15, -0.1) is 0 Å². The predicted octanol–water partition coefficient (Wildman–Crippen LogP) is 3.57. The van der Waals surface area contributed by atoms with Crippen LogP contribution in [0.4, 0.5) is 0 Å². The summed E-state index contributed by atoms with van der Waals surface area (Å²) in [4.78, 5) is 8.07. The van der Waals surface area contributed by atoms with Gasteiger partial charge in [0.25, 0.3) is 0 Å². The van der Waals surface area contributed by atoms with Crippen molar-refractivity contribution in [1.29, 1.82) is 0 Å². The highest BCUT2D eigenvalue weighted by Gasteiger charge is 2.15. The number of hydrogen-bond donors (Lipinski definition) is 1. The highest BCUT2D eigenvalue weighted by Crippen LogP contribution is 2.29. The van der Waals surface area contributed by atoms with E-state index in [1.54, 1.807) is 0 Å². The van der Waals surface area contributed by atoms with Crippen molar-refractivity contribution < 1.29 is 0 Å². The first-order valence-corrected chi connectivity index (χ1v) is 6.25. The van der Waals surface area contributed by atoms with Crippen LogP contribution in [0.1, 0.15) is 49.6 Å². The van der Waals surface area contributed by atoms with Gasteiger partial charge in [0.1, 0.15) is 0 Å². The topological polar surface area (TPSA) is 28.7 Å². The van der Waals surface area contributed by atoms with E-state index in [1.165, 1.54) is 47.1 Å². The molecule has 0 aromatic carbocycles. The van der Waals surface area contributed by atoms with Crippen LogP contribution in [0, 0.1) is 0 Å². The molecule has 2 nitrogen and oxygen atoms in total. The molecule has 0 radical (unpaired) electrons. The summed E-state index contributed by atoms with van der Waals surface area (Å²) in [6.45, 7) is 4.45. The van der Waals surface area contributed by atoms with Gasteiger partial charge < -0.3 is 4.98 Å². The maximum Gasteiger partial charge on any atom is 0.0645 e. The van der Waals surface area contributed by atoms with E-state index in [-0.39, 0.29) is 0 Å². The molecule has 1 N–H and O–H groups in total. The molecule has 0 amide bonds. The summed E-state index contributed by atoms with van der Waals surface area (Å²) in [5, 5.41) is 1.41. The first-order chi connectivity index (χ1) is 7.75. The van der Waals surface area contributed by atoms with E-state index < -0.39 is 0 Å². The molecule has 0 saturated heterocycles. The minimum absolute atomic E-state index is 0.562. The fraction of sp³-hybridized carbons (Fsp3) is 0.500. The van der Waals surface area contributed by atoms with E-state index in [1.807, 2.05) is 6.20 Å². The van der Waals surface area contributed by atoms with Crippen molar-refractivity contribution in [2.24, 2.45) is 0 Å². The third-order valence-corrected chi connectivity index (χ3v) is 3.60. The first-order valence-electron chi connectivity index (χ1n) is 6.25. The molecule has 3 rings (SSSR count). The van der Waals surface area contributed by atoms with Crippen LogP contribution in [0.15, 0.2) is 12.3 Å². The standard InChI is InChI=1S/C14H18N2/c1-9(2)13-7-11-10-5-3-4-6-12(10)15-8-14(11)16-13/h7-9,16H,3-6H2,1-2H3. The molecular formula is C14H18N2. The Morgan fingerprint density at radius 1 is 1.25 bits per heavy atom. The Morgan fingerprint density at radius 2 is 2.06 bits per heavy atom. The minimum Gasteiger partial charge on any atom is -0.357 e. The molecule has 2 heterocycles. The van der Waals surface area contributed by atoms with Crippen LogP contribution in [0.5, 0.6) is 0 Å². The number of nitrogens with one attached hydrogen (secondary N) is 1. The zero-order valence-corrected chi connectivity index (χ0v) is 10.0. The number of fused-ring (bicyclic) bond motifs is 3. The highest BCUT2D eigenvalue weighted by molar-refractivity contribution is 5.84. The molecule has 2 aromatic heterocycles. The molecule has 2 heteroatoms. The summed E-state index contributed by atoms with van der Waals surface area (Å²) in [6, 6.07) is 2.33. The molecule has 0 saturated carbocycles. The van der Waals surface area contributed by atoms with Gasteiger partial charge in [-0.2, -0.15) is 0 Å². The van der Waals surface area contributed by atoms with Gasteiger partial charge in [0.05, 0.1) is 11.7 Å². The molecule has 0 bridgehead atoms. The molecule has 16 heavy (non-hydrogen) atoms. The second-order valence-electron chi connectivity index (χ2n) is 5.10. The van der Waals surface area contributed by atoms with Crippen LogP contribution in [0.3, 0.4) is 0 Å². The molecule has 2 aromatic rings. The smallest absolute Gasteiger partial charge is 0.0645 e. The lowest BCUT2D eigenvalue weighted by molar-refractivity contribution is 0.673. The number of nitrogens with zero attached hydrogens (tertiary/aromatic N) is 1. The number of rotatable bonds is 1. The summed E-state index contributed by atoms with van der Waals surface area (Å²) in [7, 11) is 0. The molecule has 0 unspecified atom stereocenters. The summed E-state index contributed by atoms with van der Waals surface area (Å²) in [5.41, 5.74) is 5.36. The zero-order chi connectivity index (χ0) is 11.1. The average Bonchev–Trinajstić information content (AvgIpc) is 2.73. The Balaban J connectivity index is 2.22. The van der Waals surface area contributed by atoms with Crippen molar-refractivity contribution in [1.82, 2.24) is 9.97 Å². The Morgan fingerprint density at radius 3 is 2.88 bits per heavy atom. The van der Waals surface area contributed by atoms with Crippen molar-refractivity contribution in [3.8, 4) is 0 Å². The number of aromatic amines is 1. The van der Waals surface area contributed by atoms with Crippen molar-refractivity contribution in [3.63, 3.8) is 0 Å². The number of aryl methyl sites for hydroxylation is 2. The Hall–Kier alpha value is -1.31. The van der Waals surface area contributed by atoms with Gasteiger partial charge in [-0.3, -0.25) is 4.98 Å². The third-order valence-electron chi connectivity index (χ3n) is 3.60. The lowest BCUT2D eigenvalue weighted by atomic mass is 9.93. The number of aromatic nitrogens is 2. The van der Waals surface area contributed by atoms with Crippen molar-refractivity contribution in [2.75, 3.05) is 0 Å². The van der Waals surface area contributed by atoms with E-state index in [4.69, 9.17) is 0 Å². The van der Waals surface area contributed by atoms with Crippen LogP contribution < -0.4 is 0 Å². The molecule has 0 aliphatic heterocycles. The molecule has 84 valence electrons. The lowest BCUT2D eigenvalue weighted by Gasteiger charge is -2.14. The second kappa shape index (κ2) is 3.62. The quantitative estimate of drug-likeness (QED) is 0.772. The number of hydrogen-bond acceptors (Lipinski definition) is 1. The molecular weight excluding hydrogens is 196 g/mol.